The largest absolute Gasteiger partial charge is 0 e. The number of hydrogen-bond donors (Lipinski definition) is 1. The molecule has 0 unspecified atom stereocenters. The second-order valence-electron chi connectivity index (χ2n) is 2.46. The Bertz CT molecular complexity index is 314. The first-order valence-electron chi connectivity index (χ1n) is 3.53. The molecule has 1 aromatic rings. The van der Waals surface area contributed by atoms with Crippen LogP contribution in [0.15, 0.2) is 12.1 Å². The van der Waals surface area contributed by atoms with E-state index in [4.69, 9.17) is 5.73 Å². The smallest absolute Gasteiger partial charge is 0 e. The predicted octanol–water partition coefficient (Wildman–Crippen LogP) is -1.82. The Labute approximate surface area is 112 Å². The number of halogens is 1. The van der Waals surface area contributed by atoms with Crippen LogP contribution in [0.4, 0.5) is 5.69 Å². The van der Waals surface area contributed by atoms with E-state index in [1.165, 1.54) is 0 Å². The Morgan fingerprint density at radius 3 is 2.69 bits per heavy atom. The van der Waals surface area contributed by atoms with E-state index in [0.29, 0.717) is 0 Å². The molecule has 0 amide bonds. The molecule has 0 aliphatic carbocycles. The van der Waals surface area contributed by atoms with Gasteiger partial charge in [0.25, 0.3) is 0 Å². The summed E-state index contributed by atoms with van der Waals surface area (Å²) in [4.78, 5) is 10.8. The van der Waals surface area contributed by atoms with Crippen molar-refractivity contribution in [1.82, 2.24) is 0 Å². The normalized spacial score (nSPS) is 9.38. The number of hydrogen-bond acceptors (Lipinski definition) is 2. The van der Waals surface area contributed by atoms with E-state index in [-0.39, 0.29) is 34.9 Å². The summed E-state index contributed by atoms with van der Waals surface area (Å²) < 4.78 is 1.30. The van der Waals surface area contributed by atoms with Crippen LogP contribution in [-0.2, 0) is 4.79 Å². The van der Waals surface area contributed by atoms with Gasteiger partial charge in [0.05, 0.1) is 0 Å². The summed E-state index contributed by atoms with van der Waals surface area (Å²) in [7, 11) is 0. The van der Waals surface area contributed by atoms with Gasteiger partial charge in [-0.15, -0.1) is 0 Å². The van der Waals surface area contributed by atoms with Crippen LogP contribution < -0.4 is 26.9 Å². The molecule has 1 aromatic carbocycles. The van der Waals surface area contributed by atoms with Crippen LogP contribution in [0.5, 0.6) is 0 Å². The van der Waals surface area contributed by atoms with Crippen molar-refractivity contribution in [2.24, 2.45) is 0 Å². The summed E-state index contributed by atoms with van der Waals surface area (Å²) in [5.74, 6) is 0. The quantitative estimate of drug-likeness (QED) is 0.220. The van der Waals surface area contributed by atoms with Crippen molar-refractivity contribution in [3.63, 3.8) is 0 Å². The minimum Gasteiger partial charge on any atom is 0 e. The monoisotopic (exact) mass is 513 g/mol. The topological polar surface area (TPSA) is 43.1 Å². The fraction of sp³-hybridized carbons (Fsp3) is 0.222. The van der Waals surface area contributed by atoms with Gasteiger partial charge in [-0.25, -0.2) is 0 Å². The van der Waals surface area contributed by atoms with Crippen molar-refractivity contribution in [3.8, 4) is 0 Å². The Hall–Kier alpha value is 0.472. The number of aryl methyl sites for hydroxylation is 1. The molecule has 0 aliphatic rings. The van der Waals surface area contributed by atoms with Gasteiger partial charge >= 0.3 is 82.4 Å². The maximum Gasteiger partial charge on any atom is 0 e. The zero-order valence-electron chi connectivity index (χ0n) is 7.52. The zero-order valence-corrected chi connectivity index (χ0v) is 13.8. The van der Waals surface area contributed by atoms with Crippen LogP contribution in [0, 0.1) is 47.7 Å². The molecule has 0 fully saturated rings. The number of anilines is 1. The molecular formula is C9H10INOU-2. The average Bonchev–Trinajstić information content (AvgIpc) is 1.96. The number of benzene rings is 1. The third-order valence-corrected chi connectivity index (χ3v) is 3.40. The second kappa shape index (κ2) is 6.05. The summed E-state index contributed by atoms with van der Waals surface area (Å²) in [6, 6.07) is 6.76. The van der Waals surface area contributed by atoms with Crippen molar-refractivity contribution < 1.29 is 57.1 Å². The number of carbonyl (C=O) groups excluding carboxylic acids is 1. The molecule has 0 heterocycles. The maximum absolute atomic E-state index is 10.8. The molecule has 0 bridgehead atoms. The van der Waals surface area contributed by atoms with Gasteiger partial charge in [-0.1, -0.05) is 0 Å². The van der Waals surface area contributed by atoms with Crippen molar-refractivity contribution >= 4 is 9.48 Å². The number of nitrogen functional groups attached to an aromatic ring is 1. The number of rotatable bonds is 2. The molecule has 13 heavy (non-hydrogen) atoms. The molecule has 4 heteroatoms. The molecule has 0 radical (unpaired) electrons. The summed E-state index contributed by atoms with van der Waals surface area (Å²) in [6.07, 6.45) is 0. The zero-order chi connectivity index (χ0) is 9.14. The van der Waals surface area contributed by atoms with Gasteiger partial charge in [0.15, 0.2) is 0 Å². The van der Waals surface area contributed by atoms with Crippen LogP contribution in [0.3, 0.4) is 0 Å². The molecule has 2 N–H and O–H groups in total. The SMILES string of the molecule is CC(=O)[I-]c1c[c-]c(C)c(N)c1.[U]. The molecule has 70 valence electrons. The summed E-state index contributed by atoms with van der Waals surface area (Å²) in [5.41, 5.74) is 7.35. The fourth-order valence-electron chi connectivity index (χ4n) is 0.767. The van der Waals surface area contributed by atoms with Gasteiger partial charge in [0.1, 0.15) is 0 Å². The molecular weight excluding hydrogens is 503 g/mol. The first kappa shape index (κ1) is 13.5. The van der Waals surface area contributed by atoms with Crippen LogP contribution >= 0.6 is 0 Å². The Balaban J connectivity index is 0.00000144. The Kier molecular flexibility index (Phi) is 6.27. The van der Waals surface area contributed by atoms with Gasteiger partial charge in [-0.3, -0.25) is 0 Å². The second-order valence-corrected chi connectivity index (χ2v) is 5.77. The molecule has 0 saturated heterocycles. The van der Waals surface area contributed by atoms with E-state index < -0.39 is 21.2 Å². The van der Waals surface area contributed by atoms with Gasteiger partial charge in [-0.2, -0.15) is 0 Å². The van der Waals surface area contributed by atoms with Crippen molar-refractivity contribution in [2.75, 3.05) is 5.73 Å². The van der Waals surface area contributed by atoms with Gasteiger partial charge in [-0.05, 0) is 0 Å². The van der Waals surface area contributed by atoms with Crippen LogP contribution in [0.1, 0.15) is 12.5 Å². The standard InChI is InChI=1S/C9H10INO.U/c1-6-3-4-8(5-9(6)11)10-7(2)12;/h4-5H,11H2,1-2H3;/q-2;. The molecule has 1 rings (SSSR count). The van der Waals surface area contributed by atoms with Crippen LogP contribution in [0.2, 0.25) is 0 Å². The fourth-order valence-corrected chi connectivity index (χ4v) is 2.45. The van der Waals surface area contributed by atoms with E-state index >= 15 is 0 Å². The van der Waals surface area contributed by atoms with Crippen molar-refractivity contribution in [1.29, 1.82) is 0 Å². The van der Waals surface area contributed by atoms with E-state index in [1.807, 2.05) is 19.1 Å². The first-order valence-corrected chi connectivity index (χ1v) is 5.68. The van der Waals surface area contributed by atoms with E-state index in [9.17, 15) is 4.79 Å². The summed E-state index contributed by atoms with van der Waals surface area (Å²) in [6.45, 7) is 3.52. The van der Waals surface area contributed by atoms with Gasteiger partial charge < -0.3 is 0 Å². The third kappa shape index (κ3) is 4.48. The minimum absolute atomic E-state index is 0. The molecule has 0 atom stereocenters. The van der Waals surface area contributed by atoms with E-state index in [2.05, 4.69) is 6.07 Å². The predicted molar refractivity (Wildman–Crippen MR) is 43.8 cm³/mol. The maximum atomic E-state index is 10.8. The van der Waals surface area contributed by atoms with Crippen LogP contribution in [0.25, 0.3) is 0 Å². The molecule has 0 spiro atoms. The summed E-state index contributed by atoms with van der Waals surface area (Å²) >= 11 is -0.513. The summed E-state index contributed by atoms with van der Waals surface area (Å²) in [5, 5.41) is 0. The van der Waals surface area contributed by atoms with Crippen molar-refractivity contribution in [3.05, 3.63) is 27.3 Å². The van der Waals surface area contributed by atoms with Gasteiger partial charge in [0.2, 0.25) is 0 Å². The molecule has 0 saturated carbocycles. The Morgan fingerprint density at radius 1 is 1.62 bits per heavy atom. The third-order valence-electron chi connectivity index (χ3n) is 1.40. The Morgan fingerprint density at radius 2 is 2.23 bits per heavy atom. The molecule has 2 nitrogen and oxygen atoms in total. The molecule has 0 aliphatic heterocycles. The average molecular weight is 513 g/mol. The minimum atomic E-state index is -0.513. The number of carbonyl (C=O) groups is 1. The van der Waals surface area contributed by atoms with E-state index in [0.717, 1.165) is 14.8 Å². The molecule has 0 aromatic heterocycles. The van der Waals surface area contributed by atoms with Crippen molar-refractivity contribution in [2.45, 2.75) is 13.8 Å². The van der Waals surface area contributed by atoms with Crippen LogP contribution in [-0.4, -0.2) is 3.79 Å². The van der Waals surface area contributed by atoms with E-state index in [1.54, 1.807) is 6.92 Å². The number of nitrogens with two attached hydrogens (primary N) is 1. The first-order chi connectivity index (χ1) is 5.59. The van der Waals surface area contributed by atoms with Gasteiger partial charge in [0, 0.05) is 31.1 Å².